The molecule has 1 aliphatic rings. The molecule has 0 saturated carbocycles. The quantitative estimate of drug-likeness (QED) is 0.796. The van der Waals surface area contributed by atoms with E-state index in [-0.39, 0.29) is 17.4 Å². The minimum atomic E-state index is -0.156. The Bertz CT molecular complexity index is 832. The fourth-order valence-electron chi connectivity index (χ4n) is 3.19. The number of rotatable bonds is 7. The first-order valence-electron chi connectivity index (χ1n) is 9.21. The molecular formula is C20H26N4O3. The van der Waals surface area contributed by atoms with E-state index in [0.717, 1.165) is 24.2 Å². The Morgan fingerprint density at radius 2 is 2.11 bits per heavy atom. The molecule has 1 atom stereocenters. The molecule has 1 unspecified atom stereocenters. The zero-order valence-electron chi connectivity index (χ0n) is 15.9. The van der Waals surface area contributed by atoms with Crippen LogP contribution in [0.1, 0.15) is 17.5 Å². The van der Waals surface area contributed by atoms with Gasteiger partial charge in [-0.15, -0.1) is 0 Å². The molecule has 3 rings (SSSR count). The number of benzene rings is 1. The van der Waals surface area contributed by atoms with Crippen molar-refractivity contribution in [1.29, 1.82) is 0 Å². The van der Waals surface area contributed by atoms with Crippen LogP contribution in [0.25, 0.3) is 0 Å². The molecule has 2 aromatic rings. The predicted octanol–water partition coefficient (Wildman–Crippen LogP) is 1.34. The first-order chi connectivity index (χ1) is 13.1. The molecule has 0 radical (unpaired) electrons. The fourth-order valence-corrected chi connectivity index (χ4v) is 3.19. The summed E-state index contributed by atoms with van der Waals surface area (Å²) in [6.45, 7) is 4.79. The highest BCUT2D eigenvalue weighted by Crippen LogP contribution is 2.22. The molecule has 1 aliphatic heterocycles. The molecule has 0 spiro atoms. The number of amides is 1. The van der Waals surface area contributed by atoms with E-state index in [0.29, 0.717) is 26.2 Å². The van der Waals surface area contributed by atoms with Gasteiger partial charge >= 0.3 is 0 Å². The van der Waals surface area contributed by atoms with Crippen LogP contribution in [-0.2, 0) is 22.6 Å². The number of methoxy groups -OCH3 is 1. The lowest BCUT2D eigenvalue weighted by atomic mass is 10.1. The monoisotopic (exact) mass is 370 g/mol. The molecule has 1 aromatic heterocycles. The maximum atomic E-state index is 12.5. The summed E-state index contributed by atoms with van der Waals surface area (Å²) in [6, 6.07) is 9.72. The van der Waals surface area contributed by atoms with Crippen LogP contribution in [0, 0.1) is 12.8 Å². The van der Waals surface area contributed by atoms with Crippen molar-refractivity contribution in [3.63, 3.8) is 0 Å². The van der Waals surface area contributed by atoms with E-state index in [1.165, 1.54) is 10.2 Å². The van der Waals surface area contributed by atoms with E-state index in [4.69, 9.17) is 4.74 Å². The van der Waals surface area contributed by atoms with E-state index < -0.39 is 0 Å². The van der Waals surface area contributed by atoms with Gasteiger partial charge in [-0.25, -0.2) is 4.68 Å². The summed E-state index contributed by atoms with van der Waals surface area (Å²) in [4.78, 5) is 26.7. The highest BCUT2D eigenvalue weighted by Gasteiger charge is 2.28. The molecular weight excluding hydrogens is 344 g/mol. The summed E-state index contributed by atoms with van der Waals surface area (Å²) in [7, 11) is 1.59. The SMILES string of the molecule is COCCn1ncc(N2CCC(C(=O)NCc3ccc(C)cc3)C2)cc1=O. The maximum Gasteiger partial charge on any atom is 0.268 e. The normalized spacial score (nSPS) is 16.5. The maximum absolute atomic E-state index is 12.5. The average molecular weight is 370 g/mol. The summed E-state index contributed by atoms with van der Waals surface area (Å²) in [5.41, 5.74) is 2.90. The second-order valence-corrected chi connectivity index (χ2v) is 6.90. The van der Waals surface area contributed by atoms with Gasteiger partial charge in [0.05, 0.1) is 31.0 Å². The van der Waals surface area contributed by atoms with Crippen LogP contribution < -0.4 is 15.8 Å². The zero-order valence-corrected chi connectivity index (χ0v) is 15.9. The van der Waals surface area contributed by atoms with Gasteiger partial charge in [-0.3, -0.25) is 9.59 Å². The molecule has 7 heteroatoms. The highest BCUT2D eigenvalue weighted by molar-refractivity contribution is 5.80. The summed E-state index contributed by atoms with van der Waals surface area (Å²) in [6.07, 6.45) is 2.45. The van der Waals surface area contributed by atoms with Crippen molar-refractivity contribution in [2.45, 2.75) is 26.4 Å². The fraction of sp³-hybridized carbons (Fsp3) is 0.450. The molecule has 0 bridgehead atoms. The van der Waals surface area contributed by atoms with E-state index in [2.05, 4.69) is 10.4 Å². The standard InChI is InChI=1S/C20H26N4O3/c1-15-3-5-16(6-4-15)12-21-20(26)17-7-8-23(14-17)18-11-19(25)24(22-13-18)9-10-27-2/h3-6,11,13,17H,7-10,12,14H2,1-2H3,(H,21,26). The summed E-state index contributed by atoms with van der Waals surface area (Å²) in [5, 5.41) is 7.21. The van der Waals surface area contributed by atoms with Gasteiger partial charge in [-0.2, -0.15) is 5.10 Å². The van der Waals surface area contributed by atoms with Gasteiger partial charge in [0.1, 0.15) is 0 Å². The smallest absolute Gasteiger partial charge is 0.268 e. The number of aryl methyl sites for hydroxylation is 1. The van der Waals surface area contributed by atoms with Gasteiger partial charge in [0.25, 0.3) is 5.56 Å². The second kappa shape index (κ2) is 8.81. The highest BCUT2D eigenvalue weighted by atomic mass is 16.5. The number of nitrogens with one attached hydrogen (secondary N) is 1. The van der Waals surface area contributed by atoms with Crippen LogP contribution >= 0.6 is 0 Å². The lowest BCUT2D eigenvalue weighted by molar-refractivity contribution is -0.124. The number of hydrogen-bond donors (Lipinski definition) is 1. The average Bonchev–Trinajstić information content (AvgIpc) is 3.16. The molecule has 1 N–H and O–H groups in total. The van der Waals surface area contributed by atoms with Gasteiger partial charge in [0.15, 0.2) is 0 Å². The summed E-state index contributed by atoms with van der Waals surface area (Å²) < 4.78 is 6.36. The Labute approximate surface area is 158 Å². The third-order valence-corrected chi connectivity index (χ3v) is 4.87. The van der Waals surface area contributed by atoms with Crippen LogP contribution in [0.3, 0.4) is 0 Å². The molecule has 27 heavy (non-hydrogen) atoms. The van der Waals surface area contributed by atoms with Crippen molar-refractivity contribution in [2.75, 3.05) is 31.7 Å². The number of aromatic nitrogens is 2. The number of nitrogens with zero attached hydrogens (tertiary/aromatic N) is 3. The first-order valence-corrected chi connectivity index (χ1v) is 9.21. The molecule has 144 valence electrons. The van der Waals surface area contributed by atoms with Gasteiger partial charge in [-0.05, 0) is 18.9 Å². The number of anilines is 1. The van der Waals surface area contributed by atoms with Gasteiger partial charge < -0.3 is 15.0 Å². The van der Waals surface area contributed by atoms with Gasteiger partial charge in [0, 0.05) is 32.8 Å². The molecule has 7 nitrogen and oxygen atoms in total. The second-order valence-electron chi connectivity index (χ2n) is 6.90. The number of carbonyl (C=O) groups excluding carboxylic acids is 1. The minimum Gasteiger partial charge on any atom is -0.383 e. The molecule has 1 saturated heterocycles. The molecule has 1 amide bonds. The topological polar surface area (TPSA) is 76.5 Å². The van der Waals surface area contributed by atoms with Crippen LogP contribution in [0.4, 0.5) is 5.69 Å². The van der Waals surface area contributed by atoms with Crippen molar-refractivity contribution in [3.05, 3.63) is 58.0 Å². The number of ether oxygens (including phenoxy) is 1. The van der Waals surface area contributed by atoms with Crippen molar-refractivity contribution in [3.8, 4) is 0 Å². The van der Waals surface area contributed by atoms with Crippen LogP contribution in [0.5, 0.6) is 0 Å². The van der Waals surface area contributed by atoms with Gasteiger partial charge in [-0.1, -0.05) is 29.8 Å². The third kappa shape index (κ3) is 4.95. The van der Waals surface area contributed by atoms with E-state index in [1.807, 2.05) is 36.1 Å². The third-order valence-electron chi connectivity index (χ3n) is 4.87. The Morgan fingerprint density at radius 1 is 1.33 bits per heavy atom. The summed E-state index contributed by atoms with van der Waals surface area (Å²) in [5.74, 6) is -0.0224. The first kappa shape index (κ1) is 19.1. The molecule has 1 aromatic carbocycles. The van der Waals surface area contributed by atoms with E-state index in [9.17, 15) is 9.59 Å². The lowest BCUT2D eigenvalue weighted by Crippen LogP contribution is -2.33. The minimum absolute atomic E-state index is 0.0551. The van der Waals surface area contributed by atoms with E-state index >= 15 is 0 Å². The van der Waals surface area contributed by atoms with Crippen molar-refractivity contribution in [2.24, 2.45) is 5.92 Å². The van der Waals surface area contributed by atoms with Crippen LogP contribution in [0.15, 0.2) is 41.3 Å². The largest absolute Gasteiger partial charge is 0.383 e. The summed E-state index contributed by atoms with van der Waals surface area (Å²) >= 11 is 0. The van der Waals surface area contributed by atoms with Crippen molar-refractivity contribution in [1.82, 2.24) is 15.1 Å². The number of carbonyl (C=O) groups is 1. The molecule has 1 fully saturated rings. The van der Waals surface area contributed by atoms with Crippen LogP contribution in [-0.4, -0.2) is 42.5 Å². The van der Waals surface area contributed by atoms with Crippen molar-refractivity contribution < 1.29 is 9.53 Å². The Balaban J connectivity index is 1.54. The Kier molecular flexibility index (Phi) is 6.24. The molecule has 2 heterocycles. The van der Waals surface area contributed by atoms with Crippen molar-refractivity contribution >= 4 is 11.6 Å². The Hall–Kier alpha value is -2.67. The zero-order chi connectivity index (χ0) is 19.2. The van der Waals surface area contributed by atoms with E-state index in [1.54, 1.807) is 19.4 Å². The lowest BCUT2D eigenvalue weighted by Gasteiger charge is -2.18. The Morgan fingerprint density at radius 3 is 2.81 bits per heavy atom. The number of hydrogen-bond acceptors (Lipinski definition) is 5. The predicted molar refractivity (Wildman–Crippen MR) is 104 cm³/mol. The van der Waals surface area contributed by atoms with Gasteiger partial charge in [0.2, 0.25) is 5.91 Å². The van der Waals surface area contributed by atoms with Crippen LogP contribution in [0.2, 0.25) is 0 Å². The molecule has 0 aliphatic carbocycles.